The van der Waals surface area contributed by atoms with E-state index in [0.29, 0.717) is 0 Å². The van der Waals surface area contributed by atoms with Crippen molar-refractivity contribution < 1.29 is 5.32 Å². The third-order valence-electron chi connectivity index (χ3n) is 2.94. The summed E-state index contributed by atoms with van der Waals surface area (Å²) in [6.45, 7) is 0. The Morgan fingerprint density at radius 3 is 3.00 bits per heavy atom. The van der Waals surface area contributed by atoms with Crippen LogP contribution in [-0.2, 0) is 6.42 Å². The number of rotatable bonds is 1. The monoisotopic (exact) mass is 197 g/mol. The van der Waals surface area contributed by atoms with Gasteiger partial charge < -0.3 is 0 Å². The minimum atomic E-state index is 1.16. The molecule has 1 aliphatic carbocycles. The molecule has 1 aromatic carbocycles. The number of nitrogens with zero attached hydrogens (tertiary/aromatic N) is 1. The van der Waals surface area contributed by atoms with Gasteiger partial charge in [-0.2, -0.15) is 0 Å². The molecule has 0 unspecified atom stereocenters. The lowest BCUT2D eigenvalue weighted by atomic mass is 10.1. The highest BCUT2D eigenvalue weighted by Gasteiger charge is 2.16. The van der Waals surface area contributed by atoms with Gasteiger partial charge >= 0.3 is 0 Å². The molecule has 2 heteroatoms. The van der Waals surface area contributed by atoms with Crippen LogP contribution in [0.2, 0.25) is 0 Å². The number of fused-ring (bicyclic) bond motifs is 1. The Bertz CT molecular complexity index is 481. The summed E-state index contributed by atoms with van der Waals surface area (Å²) in [7, 11) is 0. The number of allylic oxidation sites excluding steroid dienone is 2. The van der Waals surface area contributed by atoms with E-state index in [2.05, 4.69) is 35.3 Å². The summed E-state index contributed by atoms with van der Waals surface area (Å²) < 4.78 is 0. The quantitative estimate of drug-likeness (QED) is 0.706. The topological polar surface area (TPSA) is 29.0 Å². The fourth-order valence-electron chi connectivity index (χ4n) is 2.19. The summed E-state index contributed by atoms with van der Waals surface area (Å²) in [4.78, 5) is 4.08. The van der Waals surface area contributed by atoms with Crippen molar-refractivity contribution >= 4 is 11.9 Å². The number of aliphatic imine (C=N–C) groups is 1. The largest absolute Gasteiger partial charge is 0.270 e. The first kappa shape index (κ1) is 8.62. The Labute approximate surface area is 89.0 Å². The molecule has 3 rings (SSSR count). The molecule has 0 spiro atoms. The van der Waals surface area contributed by atoms with E-state index in [4.69, 9.17) is 0 Å². The molecule has 0 atom stereocenters. The summed E-state index contributed by atoms with van der Waals surface area (Å²) in [5.74, 6) is 0. The zero-order chi connectivity index (χ0) is 10.1. The Balaban J connectivity index is 1.97. The normalized spacial score (nSPS) is 20.8. The second kappa shape index (κ2) is 3.48. The van der Waals surface area contributed by atoms with Crippen LogP contribution in [0, 0.1) is 0 Å². The Morgan fingerprint density at radius 1 is 1.20 bits per heavy atom. The molecule has 2 nitrogen and oxygen atoms in total. The molecule has 2 N–H and O–H groups in total. The van der Waals surface area contributed by atoms with Crippen LogP contribution in [-0.4, -0.2) is 6.34 Å². The van der Waals surface area contributed by atoms with E-state index in [9.17, 15) is 0 Å². The van der Waals surface area contributed by atoms with Gasteiger partial charge in [0.05, 0.1) is 6.20 Å². The van der Waals surface area contributed by atoms with Gasteiger partial charge in [0.15, 0.2) is 12.0 Å². The molecule has 1 aromatic rings. The van der Waals surface area contributed by atoms with Crippen LogP contribution in [0.5, 0.6) is 0 Å². The maximum absolute atomic E-state index is 4.08. The zero-order valence-corrected chi connectivity index (χ0v) is 8.48. The van der Waals surface area contributed by atoms with Crippen LogP contribution in [0.25, 0.3) is 5.57 Å². The summed E-state index contributed by atoms with van der Waals surface area (Å²) in [5, 5.41) is 2.05. The van der Waals surface area contributed by atoms with Crippen molar-refractivity contribution in [1.82, 2.24) is 0 Å². The maximum Gasteiger partial charge on any atom is 0.191 e. The molecule has 0 radical (unpaired) electrons. The van der Waals surface area contributed by atoms with Crippen LogP contribution in [0.4, 0.5) is 0 Å². The number of nitrogens with two attached hydrogens (primary N) is 1. The van der Waals surface area contributed by atoms with Crippen LogP contribution in [0.15, 0.2) is 47.2 Å². The van der Waals surface area contributed by atoms with Crippen molar-refractivity contribution in [3.63, 3.8) is 0 Å². The molecule has 0 saturated carbocycles. The lowest BCUT2D eigenvalue weighted by molar-refractivity contribution is -0.463. The minimum Gasteiger partial charge on any atom is -0.270 e. The highest BCUT2D eigenvalue weighted by molar-refractivity contribution is 5.74. The molecular formula is C13H13N2+. The Hall–Kier alpha value is -1.67. The third kappa shape index (κ3) is 1.53. The van der Waals surface area contributed by atoms with Crippen LogP contribution >= 0.6 is 0 Å². The molecule has 74 valence electrons. The van der Waals surface area contributed by atoms with Crippen LogP contribution < -0.4 is 5.32 Å². The molecule has 0 fully saturated rings. The first-order valence-electron chi connectivity index (χ1n) is 5.29. The van der Waals surface area contributed by atoms with E-state index in [0.717, 1.165) is 6.42 Å². The number of hydrogen-bond acceptors (Lipinski definition) is 1. The van der Waals surface area contributed by atoms with Gasteiger partial charge in [-0.3, -0.25) is 5.32 Å². The summed E-state index contributed by atoms with van der Waals surface area (Å²) >= 11 is 0. The fraction of sp³-hybridized carbons (Fsp3) is 0.154. The molecule has 2 aliphatic rings. The molecule has 0 saturated heterocycles. The first-order valence-corrected chi connectivity index (χ1v) is 5.29. The van der Waals surface area contributed by atoms with Crippen molar-refractivity contribution in [1.29, 1.82) is 0 Å². The molecule has 1 aliphatic heterocycles. The molecule has 0 aromatic heterocycles. The second-order valence-electron chi connectivity index (χ2n) is 3.92. The van der Waals surface area contributed by atoms with Crippen molar-refractivity contribution in [3.8, 4) is 0 Å². The van der Waals surface area contributed by atoms with Gasteiger partial charge in [-0.25, -0.2) is 4.99 Å². The van der Waals surface area contributed by atoms with E-state index in [1.165, 1.54) is 28.8 Å². The molecule has 0 amide bonds. The van der Waals surface area contributed by atoms with Gasteiger partial charge in [0.25, 0.3) is 0 Å². The smallest absolute Gasteiger partial charge is 0.191 e. The lowest BCUT2D eigenvalue weighted by Crippen LogP contribution is -2.78. The van der Waals surface area contributed by atoms with Gasteiger partial charge in [-0.1, -0.05) is 24.3 Å². The minimum absolute atomic E-state index is 1.16. The Morgan fingerprint density at radius 2 is 2.13 bits per heavy atom. The van der Waals surface area contributed by atoms with Gasteiger partial charge in [-0.05, 0) is 29.5 Å². The number of quaternary nitrogens is 1. The standard InChI is InChI=1S/C13H12N2/c1-2-4-13-10(3-1)5-6-11(13)7-12-8-14-9-15-12/h1-4,7-9H,5-6H2,(H,14,15)/p+1/b11-7+. The molecule has 0 bridgehead atoms. The van der Waals surface area contributed by atoms with E-state index >= 15 is 0 Å². The van der Waals surface area contributed by atoms with Crippen LogP contribution in [0.3, 0.4) is 0 Å². The predicted molar refractivity (Wildman–Crippen MR) is 61.2 cm³/mol. The Kier molecular flexibility index (Phi) is 2.00. The van der Waals surface area contributed by atoms with E-state index in [1.54, 1.807) is 0 Å². The average molecular weight is 197 g/mol. The second-order valence-corrected chi connectivity index (χ2v) is 3.92. The summed E-state index contributed by atoms with van der Waals surface area (Å²) in [5.41, 5.74) is 5.54. The average Bonchev–Trinajstić information content (AvgIpc) is 2.89. The highest BCUT2D eigenvalue weighted by Crippen LogP contribution is 2.32. The zero-order valence-electron chi connectivity index (χ0n) is 8.48. The SMILES string of the molecule is C1=NC=C(/C=C2\CCc3ccccc32)[NH2+]1. The molecule has 1 heterocycles. The lowest BCUT2D eigenvalue weighted by Gasteiger charge is -1.99. The van der Waals surface area contributed by atoms with E-state index in [1.807, 2.05) is 17.9 Å². The molecular weight excluding hydrogens is 184 g/mol. The summed E-state index contributed by atoms with van der Waals surface area (Å²) in [6, 6.07) is 8.66. The van der Waals surface area contributed by atoms with Crippen LogP contribution in [0.1, 0.15) is 17.5 Å². The van der Waals surface area contributed by atoms with Gasteiger partial charge in [0, 0.05) is 6.08 Å². The summed E-state index contributed by atoms with van der Waals surface area (Å²) in [6.07, 6.45) is 8.33. The number of hydrogen-bond donors (Lipinski definition) is 1. The van der Waals surface area contributed by atoms with Gasteiger partial charge in [0.2, 0.25) is 0 Å². The van der Waals surface area contributed by atoms with E-state index < -0.39 is 0 Å². The van der Waals surface area contributed by atoms with Crippen molar-refractivity contribution in [2.75, 3.05) is 0 Å². The number of benzene rings is 1. The fourth-order valence-corrected chi connectivity index (χ4v) is 2.19. The van der Waals surface area contributed by atoms with Crippen molar-refractivity contribution in [2.45, 2.75) is 12.8 Å². The third-order valence-corrected chi connectivity index (χ3v) is 2.94. The van der Waals surface area contributed by atoms with Gasteiger partial charge in [-0.15, -0.1) is 0 Å². The van der Waals surface area contributed by atoms with Crippen molar-refractivity contribution in [3.05, 3.63) is 53.4 Å². The van der Waals surface area contributed by atoms with Gasteiger partial charge in [0.1, 0.15) is 0 Å². The maximum atomic E-state index is 4.08. The molecule has 15 heavy (non-hydrogen) atoms. The highest BCUT2D eigenvalue weighted by atomic mass is 15.0. The van der Waals surface area contributed by atoms with Crippen molar-refractivity contribution in [2.24, 2.45) is 4.99 Å². The van der Waals surface area contributed by atoms with E-state index in [-0.39, 0.29) is 0 Å². The first-order chi connectivity index (χ1) is 7.43. The predicted octanol–water partition coefficient (Wildman–Crippen LogP) is 1.46. The number of aryl methyl sites for hydroxylation is 1.